The highest BCUT2D eigenvalue weighted by Gasteiger charge is 2.41. The second-order valence-corrected chi connectivity index (χ2v) is 7.32. The van der Waals surface area contributed by atoms with Gasteiger partial charge in [-0.05, 0) is 24.7 Å². The van der Waals surface area contributed by atoms with Crippen LogP contribution in [0.2, 0.25) is 0 Å². The number of carbonyl (C=O) groups excluding carboxylic acids is 1. The lowest BCUT2D eigenvalue weighted by Gasteiger charge is -2.36. The summed E-state index contributed by atoms with van der Waals surface area (Å²) in [6.45, 7) is 12.0. The van der Waals surface area contributed by atoms with Gasteiger partial charge in [0.1, 0.15) is 13.2 Å². The molecule has 0 saturated heterocycles. The van der Waals surface area contributed by atoms with Gasteiger partial charge < -0.3 is 9.63 Å². The second-order valence-electron chi connectivity index (χ2n) is 6.62. The topological polar surface area (TPSA) is 82.1 Å². The molecule has 1 N–H and O–H groups in total. The summed E-state index contributed by atoms with van der Waals surface area (Å²) in [6, 6.07) is 0. The van der Waals surface area contributed by atoms with E-state index in [4.69, 9.17) is 9.63 Å². The quantitative estimate of drug-likeness (QED) is 0.244. The fraction of sp³-hybridized carbons (Fsp3) is 0.923. The SMILES string of the molecule is CC(C)C(C)(CC(C)(C)C)C(=O)OCCOO[PH](=O)O. The van der Waals surface area contributed by atoms with Gasteiger partial charge in [-0.3, -0.25) is 9.36 Å². The summed E-state index contributed by atoms with van der Waals surface area (Å²) in [5.74, 6) is -0.150. The molecule has 0 rings (SSSR count). The van der Waals surface area contributed by atoms with Crippen LogP contribution < -0.4 is 0 Å². The number of esters is 1. The largest absolute Gasteiger partial charge is 0.463 e. The van der Waals surface area contributed by atoms with E-state index in [2.05, 4.69) is 30.3 Å². The Hall–Kier alpha value is -0.420. The highest BCUT2D eigenvalue weighted by atomic mass is 31.1. The van der Waals surface area contributed by atoms with Crippen LogP contribution in [0.5, 0.6) is 0 Å². The minimum atomic E-state index is -3.11. The van der Waals surface area contributed by atoms with E-state index in [1.807, 2.05) is 20.8 Å². The van der Waals surface area contributed by atoms with Crippen molar-refractivity contribution < 1.29 is 28.6 Å². The summed E-state index contributed by atoms with van der Waals surface area (Å²) >= 11 is 0. The summed E-state index contributed by atoms with van der Waals surface area (Å²) in [6.07, 6.45) is 0.707. The Morgan fingerprint density at radius 3 is 2.15 bits per heavy atom. The molecule has 0 aromatic rings. The molecule has 20 heavy (non-hydrogen) atoms. The minimum Gasteiger partial charge on any atom is -0.463 e. The first-order chi connectivity index (χ1) is 8.99. The van der Waals surface area contributed by atoms with Gasteiger partial charge in [0.15, 0.2) is 0 Å². The molecule has 0 fully saturated rings. The van der Waals surface area contributed by atoms with E-state index in [1.165, 1.54) is 0 Å². The normalized spacial score (nSPS) is 16.8. The maximum atomic E-state index is 12.3. The average molecular weight is 310 g/mol. The van der Waals surface area contributed by atoms with Crippen molar-refractivity contribution in [1.29, 1.82) is 0 Å². The van der Waals surface area contributed by atoms with Crippen molar-refractivity contribution in [1.82, 2.24) is 0 Å². The molecule has 0 aromatic carbocycles. The molecule has 0 aromatic heterocycles. The van der Waals surface area contributed by atoms with Gasteiger partial charge in [-0.15, -0.1) is 0 Å². The second kappa shape index (κ2) is 8.13. The van der Waals surface area contributed by atoms with Crippen LogP contribution in [-0.2, 0) is 23.7 Å². The van der Waals surface area contributed by atoms with Crippen molar-refractivity contribution in [3.8, 4) is 0 Å². The molecule has 0 aliphatic rings. The zero-order valence-corrected chi connectivity index (χ0v) is 14.2. The monoisotopic (exact) mass is 310 g/mol. The summed E-state index contributed by atoms with van der Waals surface area (Å²) in [4.78, 5) is 25.1. The molecule has 0 aliphatic carbocycles. The van der Waals surface area contributed by atoms with Gasteiger partial charge in [0.25, 0.3) is 0 Å². The van der Waals surface area contributed by atoms with Crippen LogP contribution in [0.15, 0.2) is 0 Å². The molecule has 2 atom stereocenters. The summed E-state index contributed by atoms with van der Waals surface area (Å²) in [7, 11) is -3.11. The number of ether oxygens (including phenoxy) is 1. The summed E-state index contributed by atoms with van der Waals surface area (Å²) < 4.78 is 19.5. The van der Waals surface area contributed by atoms with Crippen LogP contribution in [0, 0.1) is 16.7 Å². The van der Waals surface area contributed by atoms with Crippen molar-refractivity contribution in [3.05, 3.63) is 0 Å². The number of rotatable bonds is 8. The van der Waals surface area contributed by atoms with Crippen LogP contribution >= 0.6 is 8.25 Å². The highest BCUT2D eigenvalue weighted by Crippen LogP contribution is 2.40. The van der Waals surface area contributed by atoms with Gasteiger partial charge >= 0.3 is 14.2 Å². The fourth-order valence-corrected chi connectivity index (χ4v) is 2.22. The van der Waals surface area contributed by atoms with Crippen molar-refractivity contribution in [2.24, 2.45) is 16.7 Å². The summed E-state index contributed by atoms with van der Waals surface area (Å²) in [5, 5.41) is 0. The third-order valence-electron chi connectivity index (χ3n) is 3.17. The van der Waals surface area contributed by atoms with Crippen molar-refractivity contribution in [2.75, 3.05) is 13.2 Å². The maximum absolute atomic E-state index is 12.3. The van der Waals surface area contributed by atoms with E-state index in [0.29, 0.717) is 6.42 Å². The van der Waals surface area contributed by atoms with Gasteiger partial charge in [0, 0.05) is 0 Å². The molecule has 0 amide bonds. The van der Waals surface area contributed by atoms with Crippen LogP contribution in [0.25, 0.3) is 0 Å². The molecule has 0 spiro atoms. The van der Waals surface area contributed by atoms with Crippen molar-refractivity contribution in [3.63, 3.8) is 0 Å². The lowest BCUT2D eigenvalue weighted by Crippen LogP contribution is -2.38. The molecule has 0 saturated carbocycles. The Morgan fingerprint density at radius 2 is 1.75 bits per heavy atom. The third kappa shape index (κ3) is 7.39. The zero-order valence-electron chi connectivity index (χ0n) is 13.2. The van der Waals surface area contributed by atoms with Gasteiger partial charge in [-0.2, -0.15) is 4.67 Å². The molecule has 2 unspecified atom stereocenters. The Morgan fingerprint density at radius 1 is 1.20 bits per heavy atom. The van der Waals surface area contributed by atoms with Gasteiger partial charge in [-0.1, -0.05) is 34.6 Å². The smallest absolute Gasteiger partial charge is 0.344 e. The van der Waals surface area contributed by atoms with Crippen LogP contribution in [-0.4, -0.2) is 24.1 Å². The van der Waals surface area contributed by atoms with E-state index < -0.39 is 13.7 Å². The van der Waals surface area contributed by atoms with Gasteiger partial charge in [0.05, 0.1) is 5.41 Å². The van der Waals surface area contributed by atoms with Crippen LogP contribution in [0.4, 0.5) is 0 Å². The number of hydrogen-bond donors (Lipinski definition) is 1. The van der Waals surface area contributed by atoms with E-state index >= 15 is 0 Å². The number of hydrogen-bond acceptors (Lipinski definition) is 5. The molecular weight excluding hydrogens is 283 g/mol. The minimum absolute atomic E-state index is 0.00836. The van der Waals surface area contributed by atoms with E-state index in [1.54, 1.807) is 0 Å². The van der Waals surface area contributed by atoms with Crippen molar-refractivity contribution >= 4 is 14.2 Å². The standard InChI is InChI=1S/C13H27O6P/c1-10(2)13(6,9-12(3,4)5)11(14)17-7-8-18-19-20(15)16/h10,20H,7-9H2,1-6H3,(H,15,16). The van der Waals surface area contributed by atoms with E-state index in [9.17, 15) is 9.36 Å². The predicted octanol–water partition coefficient (Wildman–Crippen LogP) is 2.96. The first kappa shape index (κ1) is 19.6. The third-order valence-corrected chi connectivity index (χ3v) is 3.43. The molecular formula is C13H27O6P. The van der Waals surface area contributed by atoms with Gasteiger partial charge in [0.2, 0.25) is 0 Å². The number of carbonyl (C=O) groups is 1. The summed E-state index contributed by atoms with van der Waals surface area (Å²) in [5.41, 5.74) is -0.571. The van der Waals surface area contributed by atoms with Crippen LogP contribution in [0.3, 0.4) is 0 Å². The molecule has 120 valence electrons. The molecule has 0 aliphatic heterocycles. The van der Waals surface area contributed by atoms with E-state index in [-0.39, 0.29) is 30.5 Å². The Kier molecular flexibility index (Phi) is 7.96. The highest BCUT2D eigenvalue weighted by molar-refractivity contribution is 7.31. The first-order valence-corrected chi connectivity index (χ1v) is 7.95. The van der Waals surface area contributed by atoms with Gasteiger partial charge in [-0.25, -0.2) is 4.89 Å². The average Bonchev–Trinajstić information content (AvgIpc) is 2.25. The Bertz CT molecular complexity index is 336. The Balaban J connectivity index is 4.41. The molecule has 0 bridgehead atoms. The fourth-order valence-electron chi connectivity index (χ4n) is 2.04. The molecule has 6 nitrogen and oxygen atoms in total. The lowest BCUT2D eigenvalue weighted by molar-refractivity contribution is -0.218. The molecule has 0 radical (unpaired) electrons. The maximum Gasteiger partial charge on any atom is 0.344 e. The van der Waals surface area contributed by atoms with Crippen LogP contribution in [0.1, 0.15) is 48.0 Å². The first-order valence-electron chi connectivity index (χ1n) is 6.68. The predicted molar refractivity (Wildman–Crippen MR) is 76.2 cm³/mol. The molecule has 0 heterocycles. The van der Waals surface area contributed by atoms with Crippen molar-refractivity contribution in [2.45, 2.75) is 48.0 Å². The molecule has 7 heteroatoms. The van der Waals surface area contributed by atoms with E-state index in [0.717, 1.165) is 0 Å². The Labute approximate surface area is 121 Å². The zero-order chi connectivity index (χ0) is 16.0. The lowest BCUT2D eigenvalue weighted by atomic mass is 9.69.